The third-order valence-electron chi connectivity index (χ3n) is 4.51. The van der Waals surface area contributed by atoms with E-state index in [2.05, 4.69) is 31.9 Å². The highest BCUT2D eigenvalue weighted by Crippen LogP contribution is 2.26. The molecule has 5 amide bonds. The lowest BCUT2D eigenvalue weighted by Gasteiger charge is -2.19. The zero-order valence-corrected chi connectivity index (χ0v) is 20.5. The van der Waals surface area contributed by atoms with Gasteiger partial charge in [-0.25, -0.2) is 4.79 Å². The monoisotopic (exact) mass is 524 g/mol. The van der Waals surface area contributed by atoms with Crippen LogP contribution in [0.5, 0.6) is 0 Å². The van der Waals surface area contributed by atoms with E-state index < -0.39 is 11.7 Å². The first-order valence-corrected chi connectivity index (χ1v) is 11.4. The Morgan fingerprint density at radius 3 is 2.24 bits per heavy atom. The molecule has 1 heterocycles. The number of carbonyl (C=O) groups is 5. The maximum atomic E-state index is 12.4. The van der Waals surface area contributed by atoms with Gasteiger partial charge in [-0.2, -0.15) is 0 Å². The van der Waals surface area contributed by atoms with Crippen molar-refractivity contribution in [1.82, 2.24) is 20.9 Å². The van der Waals surface area contributed by atoms with Crippen molar-refractivity contribution in [1.29, 1.82) is 0 Å². The summed E-state index contributed by atoms with van der Waals surface area (Å²) in [5.74, 6) is -1.26. The van der Waals surface area contributed by atoms with Crippen LogP contribution in [0.3, 0.4) is 0 Å². The third kappa shape index (κ3) is 8.49. The highest BCUT2D eigenvalue weighted by atomic mass is 79.9. The maximum Gasteiger partial charge on any atom is 0.408 e. The van der Waals surface area contributed by atoms with E-state index in [1.807, 2.05) is 0 Å². The fraction of sp³-hybridized carbons (Fsp3) is 0.500. The maximum absolute atomic E-state index is 12.4. The Balaban J connectivity index is 1.56. The van der Waals surface area contributed by atoms with Crippen LogP contribution in [0, 0.1) is 0 Å². The van der Waals surface area contributed by atoms with Gasteiger partial charge in [-0.1, -0.05) is 15.9 Å². The van der Waals surface area contributed by atoms with Crippen LogP contribution in [-0.2, 0) is 14.3 Å². The van der Waals surface area contributed by atoms with Crippen LogP contribution in [-0.4, -0.2) is 66.4 Å². The Labute approximate surface area is 200 Å². The highest BCUT2D eigenvalue weighted by molar-refractivity contribution is 9.10. The molecule has 0 aliphatic carbocycles. The lowest BCUT2D eigenvalue weighted by Crippen LogP contribution is -2.40. The van der Waals surface area contributed by atoms with Gasteiger partial charge in [-0.3, -0.25) is 24.1 Å². The Kier molecular flexibility index (Phi) is 9.39. The van der Waals surface area contributed by atoms with Gasteiger partial charge in [0.2, 0.25) is 11.8 Å². The largest absolute Gasteiger partial charge is 0.444 e. The number of imide groups is 1. The van der Waals surface area contributed by atoms with Crippen LogP contribution >= 0.6 is 15.9 Å². The Morgan fingerprint density at radius 1 is 0.939 bits per heavy atom. The van der Waals surface area contributed by atoms with Gasteiger partial charge in [0, 0.05) is 30.5 Å². The minimum Gasteiger partial charge on any atom is -0.444 e. The smallest absolute Gasteiger partial charge is 0.408 e. The molecule has 0 atom stereocenters. The molecule has 33 heavy (non-hydrogen) atoms. The SMILES string of the molecule is CC(C)(C)OC(=O)NCC(=O)NCCCNC(=O)CCCN1C(=O)c2ccc(Br)cc2C1=O. The summed E-state index contributed by atoms with van der Waals surface area (Å²) in [5.41, 5.74) is 0.0962. The normalized spacial score (nSPS) is 12.9. The molecule has 180 valence electrons. The van der Waals surface area contributed by atoms with Crippen LogP contribution in [0.1, 0.15) is 60.7 Å². The van der Waals surface area contributed by atoms with Crippen LogP contribution < -0.4 is 16.0 Å². The second-order valence-corrected chi connectivity index (χ2v) is 9.38. The van der Waals surface area contributed by atoms with E-state index in [0.29, 0.717) is 37.1 Å². The number of nitrogens with one attached hydrogen (secondary N) is 3. The summed E-state index contributed by atoms with van der Waals surface area (Å²) in [6.45, 7) is 5.84. The van der Waals surface area contributed by atoms with Crippen molar-refractivity contribution in [2.75, 3.05) is 26.2 Å². The number of halogens is 1. The fourth-order valence-corrected chi connectivity index (χ4v) is 3.39. The molecule has 0 radical (unpaired) electrons. The topological polar surface area (TPSA) is 134 Å². The Hall–Kier alpha value is -2.95. The van der Waals surface area contributed by atoms with Gasteiger partial charge in [0.25, 0.3) is 11.8 Å². The average molecular weight is 525 g/mol. The van der Waals surface area contributed by atoms with Crippen LogP contribution in [0.4, 0.5) is 4.79 Å². The summed E-state index contributed by atoms with van der Waals surface area (Å²) < 4.78 is 5.76. The molecule has 10 nitrogen and oxygen atoms in total. The van der Waals surface area contributed by atoms with Crippen molar-refractivity contribution in [2.24, 2.45) is 0 Å². The predicted octanol–water partition coefficient (Wildman–Crippen LogP) is 1.97. The van der Waals surface area contributed by atoms with Gasteiger partial charge >= 0.3 is 6.09 Å². The average Bonchev–Trinajstić information content (AvgIpc) is 2.95. The molecular weight excluding hydrogens is 496 g/mol. The van der Waals surface area contributed by atoms with E-state index in [1.165, 1.54) is 0 Å². The number of hydrogen-bond donors (Lipinski definition) is 3. The number of fused-ring (bicyclic) bond motifs is 1. The van der Waals surface area contributed by atoms with Crippen molar-refractivity contribution in [2.45, 2.75) is 45.6 Å². The van der Waals surface area contributed by atoms with Gasteiger partial charge in [0.05, 0.1) is 17.7 Å². The van der Waals surface area contributed by atoms with Gasteiger partial charge in [-0.05, 0) is 51.8 Å². The van der Waals surface area contributed by atoms with Crippen molar-refractivity contribution in [3.05, 3.63) is 33.8 Å². The number of ether oxygens (including phenoxy) is 1. The molecule has 0 bridgehead atoms. The zero-order chi connectivity index (χ0) is 24.6. The van der Waals surface area contributed by atoms with Crippen molar-refractivity contribution >= 4 is 45.7 Å². The van der Waals surface area contributed by atoms with Crippen LogP contribution in [0.25, 0.3) is 0 Å². The number of hydrogen-bond acceptors (Lipinski definition) is 6. The van der Waals surface area contributed by atoms with Crippen LogP contribution in [0.15, 0.2) is 22.7 Å². The number of carbonyl (C=O) groups excluding carboxylic acids is 5. The second-order valence-electron chi connectivity index (χ2n) is 8.46. The fourth-order valence-electron chi connectivity index (χ4n) is 3.03. The second kappa shape index (κ2) is 11.8. The number of alkyl carbamates (subject to hydrolysis) is 1. The quantitative estimate of drug-likeness (QED) is 0.316. The van der Waals surface area contributed by atoms with Crippen molar-refractivity contribution in [3.63, 3.8) is 0 Å². The summed E-state index contributed by atoms with van der Waals surface area (Å²) in [6.07, 6.45) is 0.366. The number of nitrogens with zero attached hydrogens (tertiary/aromatic N) is 1. The molecular formula is C22H29BrN4O6. The lowest BCUT2D eigenvalue weighted by molar-refractivity contribution is -0.121. The molecule has 1 aromatic rings. The molecule has 0 aromatic heterocycles. The summed E-state index contributed by atoms with van der Waals surface area (Å²) in [4.78, 5) is 61.1. The summed E-state index contributed by atoms with van der Waals surface area (Å²) in [7, 11) is 0. The molecule has 3 N–H and O–H groups in total. The Morgan fingerprint density at radius 2 is 1.58 bits per heavy atom. The van der Waals surface area contributed by atoms with E-state index in [1.54, 1.807) is 39.0 Å². The van der Waals surface area contributed by atoms with E-state index in [4.69, 9.17) is 4.74 Å². The minimum atomic E-state index is -0.668. The highest BCUT2D eigenvalue weighted by Gasteiger charge is 2.35. The third-order valence-corrected chi connectivity index (χ3v) is 5.00. The molecule has 2 rings (SSSR count). The van der Waals surface area contributed by atoms with Crippen LogP contribution in [0.2, 0.25) is 0 Å². The minimum absolute atomic E-state index is 0.165. The molecule has 0 fully saturated rings. The molecule has 1 aromatic carbocycles. The first-order chi connectivity index (χ1) is 15.5. The molecule has 0 saturated carbocycles. The molecule has 0 saturated heterocycles. The Bertz CT molecular complexity index is 928. The van der Waals surface area contributed by atoms with E-state index >= 15 is 0 Å². The van der Waals surface area contributed by atoms with Gasteiger partial charge < -0.3 is 20.7 Å². The molecule has 1 aliphatic heterocycles. The summed E-state index contributed by atoms with van der Waals surface area (Å²) >= 11 is 3.29. The first kappa shape index (κ1) is 26.3. The molecule has 0 spiro atoms. The summed E-state index contributed by atoms with van der Waals surface area (Å²) in [5, 5.41) is 7.72. The van der Waals surface area contributed by atoms with Gasteiger partial charge in [0.15, 0.2) is 0 Å². The van der Waals surface area contributed by atoms with Gasteiger partial charge in [-0.15, -0.1) is 0 Å². The molecule has 11 heteroatoms. The van der Waals surface area contributed by atoms with Gasteiger partial charge in [0.1, 0.15) is 5.60 Å². The van der Waals surface area contributed by atoms with E-state index in [9.17, 15) is 24.0 Å². The molecule has 0 unspecified atom stereocenters. The predicted molar refractivity (Wildman–Crippen MR) is 124 cm³/mol. The van der Waals surface area contributed by atoms with Crippen molar-refractivity contribution in [3.8, 4) is 0 Å². The van der Waals surface area contributed by atoms with E-state index in [-0.39, 0.29) is 43.1 Å². The standard InChI is InChI=1S/C22H29BrN4O6/c1-22(2,3)33-21(32)26-13-18(29)25-10-5-9-24-17(28)6-4-11-27-19(30)15-8-7-14(23)12-16(15)20(27)31/h7-8,12H,4-6,9-11,13H2,1-3H3,(H,24,28)(H,25,29)(H,26,32). The number of rotatable bonds is 10. The first-order valence-electron chi connectivity index (χ1n) is 10.6. The number of benzene rings is 1. The molecule has 1 aliphatic rings. The lowest BCUT2D eigenvalue weighted by atomic mass is 10.1. The zero-order valence-electron chi connectivity index (χ0n) is 19.0. The summed E-state index contributed by atoms with van der Waals surface area (Å²) in [6, 6.07) is 4.94. The number of amides is 5. The van der Waals surface area contributed by atoms with Crippen molar-refractivity contribution < 1.29 is 28.7 Å². The van der Waals surface area contributed by atoms with E-state index in [0.717, 1.165) is 9.37 Å².